The highest BCUT2D eigenvalue weighted by Crippen LogP contribution is 2.38. The summed E-state index contributed by atoms with van der Waals surface area (Å²) in [6.07, 6.45) is -7.51. The predicted molar refractivity (Wildman–Crippen MR) is 65.4 cm³/mol. The highest BCUT2D eigenvalue weighted by molar-refractivity contribution is 5.53. The molecule has 2 atom stereocenters. The lowest BCUT2D eigenvalue weighted by Gasteiger charge is -2.23. The lowest BCUT2D eigenvalue weighted by atomic mass is 9.95. The number of nitrogens with one attached hydrogen (secondary N) is 1. The highest BCUT2D eigenvalue weighted by atomic mass is 19.4. The van der Waals surface area contributed by atoms with Crippen molar-refractivity contribution in [1.29, 1.82) is 0 Å². The van der Waals surface area contributed by atoms with Crippen LogP contribution in [-0.4, -0.2) is 29.9 Å². The molecular formula is C12H17F3N2O2. The summed E-state index contributed by atoms with van der Waals surface area (Å²) in [5.74, 6) is 0. The second-order valence-corrected chi connectivity index (χ2v) is 4.21. The van der Waals surface area contributed by atoms with Gasteiger partial charge in [0, 0.05) is 11.3 Å². The number of alkyl halides is 3. The van der Waals surface area contributed by atoms with Gasteiger partial charge in [-0.1, -0.05) is 6.07 Å². The molecule has 0 heterocycles. The molecule has 0 saturated heterocycles. The fraction of sp³-hybridized carbons (Fsp3) is 0.500. The van der Waals surface area contributed by atoms with Gasteiger partial charge in [-0.25, -0.2) is 0 Å². The summed E-state index contributed by atoms with van der Waals surface area (Å²) in [6, 6.07) is 3.26. The zero-order valence-electron chi connectivity index (χ0n) is 10.4. The van der Waals surface area contributed by atoms with Gasteiger partial charge >= 0.3 is 6.18 Å². The molecule has 0 saturated carbocycles. The quantitative estimate of drug-likeness (QED) is 0.612. The topological polar surface area (TPSA) is 78.5 Å². The molecular weight excluding hydrogens is 261 g/mol. The standard InChI is InChI=1S/C12H17F3N2O2/c1-17-6-5-9(18)11(19)10-7(12(13,14)15)3-2-4-8(10)16/h2-4,9,11,17-19H,5-6,16H2,1H3. The smallest absolute Gasteiger partial charge is 0.398 e. The Hall–Kier alpha value is -1.31. The number of halogens is 3. The van der Waals surface area contributed by atoms with E-state index in [2.05, 4.69) is 5.32 Å². The van der Waals surface area contributed by atoms with E-state index < -0.39 is 29.5 Å². The molecule has 7 heteroatoms. The molecule has 4 nitrogen and oxygen atoms in total. The molecule has 5 N–H and O–H groups in total. The maximum atomic E-state index is 12.8. The minimum atomic E-state index is -4.63. The van der Waals surface area contributed by atoms with Gasteiger partial charge in [-0.15, -0.1) is 0 Å². The fourth-order valence-electron chi connectivity index (χ4n) is 1.80. The van der Waals surface area contributed by atoms with E-state index >= 15 is 0 Å². The van der Waals surface area contributed by atoms with Gasteiger partial charge < -0.3 is 21.3 Å². The summed E-state index contributed by atoms with van der Waals surface area (Å²) < 4.78 is 38.5. The minimum Gasteiger partial charge on any atom is -0.398 e. The van der Waals surface area contributed by atoms with E-state index in [1.807, 2.05) is 0 Å². The molecule has 0 aliphatic carbocycles. The number of aliphatic hydroxyl groups is 2. The molecule has 0 aliphatic heterocycles. The Morgan fingerprint density at radius 3 is 2.47 bits per heavy atom. The third-order valence-electron chi connectivity index (χ3n) is 2.80. The van der Waals surface area contributed by atoms with E-state index in [4.69, 9.17) is 5.73 Å². The van der Waals surface area contributed by atoms with Gasteiger partial charge in [0.15, 0.2) is 0 Å². The maximum absolute atomic E-state index is 12.8. The molecule has 0 radical (unpaired) electrons. The molecule has 1 rings (SSSR count). The van der Waals surface area contributed by atoms with E-state index in [0.717, 1.165) is 12.1 Å². The molecule has 0 amide bonds. The molecule has 1 aromatic rings. The molecule has 108 valence electrons. The molecule has 2 unspecified atom stereocenters. The molecule has 0 spiro atoms. The van der Waals surface area contributed by atoms with Crippen LogP contribution in [-0.2, 0) is 6.18 Å². The summed E-state index contributed by atoms with van der Waals surface area (Å²) >= 11 is 0. The third kappa shape index (κ3) is 3.82. The van der Waals surface area contributed by atoms with Gasteiger partial charge in [0.1, 0.15) is 6.10 Å². The average Bonchev–Trinajstić information content (AvgIpc) is 2.33. The number of rotatable bonds is 5. The molecule has 0 aliphatic rings. The zero-order chi connectivity index (χ0) is 14.6. The Kier molecular flexibility index (Phi) is 5.16. The van der Waals surface area contributed by atoms with Crippen LogP contribution >= 0.6 is 0 Å². The van der Waals surface area contributed by atoms with Crippen molar-refractivity contribution >= 4 is 5.69 Å². The van der Waals surface area contributed by atoms with E-state index in [1.54, 1.807) is 7.05 Å². The third-order valence-corrected chi connectivity index (χ3v) is 2.80. The van der Waals surface area contributed by atoms with E-state index in [0.29, 0.717) is 6.54 Å². The summed E-state index contributed by atoms with van der Waals surface area (Å²) in [6.45, 7) is 0.367. The summed E-state index contributed by atoms with van der Waals surface area (Å²) in [5, 5.41) is 22.3. The number of anilines is 1. The zero-order valence-corrected chi connectivity index (χ0v) is 10.4. The predicted octanol–water partition coefficient (Wildman–Crippen LogP) is 1.29. The van der Waals surface area contributed by atoms with Crippen LogP contribution in [0.4, 0.5) is 18.9 Å². The van der Waals surface area contributed by atoms with Crippen molar-refractivity contribution in [3.8, 4) is 0 Å². The van der Waals surface area contributed by atoms with Crippen LogP contribution < -0.4 is 11.1 Å². The van der Waals surface area contributed by atoms with Crippen LogP contribution in [0.5, 0.6) is 0 Å². The number of hydrogen-bond acceptors (Lipinski definition) is 4. The van der Waals surface area contributed by atoms with Crippen molar-refractivity contribution in [2.24, 2.45) is 0 Å². The number of benzene rings is 1. The Bertz CT molecular complexity index is 424. The Morgan fingerprint density at radius 2 is 1.95 bits per heavy atom. The Labute approximate surface area is 109 Å². The second kappa shape index (κ2) is 6.23. The first-order chi connectivity index (χ1) is 8.79. The van der Waals surface area contributed by atoms with Gasteiger partial charge in [0.2, 0.25) is 0 Å². The number of hydrogen-bond donors (Lipinski definition) is 4. The van der Waals surface area contributed by atoms with Gasteiger partial charge in [0.25, 0.3) is 0 Å². The first-order valence-corrected chi connectivity index (χ1v) is 5.75. The van der Waals surface area contributed by atoms with Gasteiger partial charge in [0.05, 0.1) is 11.7 Å². The van der Waals surface area contributed by atoms with Gasteiger partial charge in [-0.05, 0) is 32.1 Å². The van der Waals surface area contributed by atoms with Crippen molar-refractivity contribution in [2.75, 3.05) is 19.3 Å². The van der Waals surface area contributed by atoms with Crippen molar-refractivity contribution in [2.45, 2.75) is 24.8 Å². The summed E-state index contributed by atoms with van der Waals surface area (Å²) in [7, 11) is 1.64. The largest absolute Gasteiger partial charge is 0.416 e. The first-order valence-electron chi connectivity index (χ1n) is 5.75. The minimum absolute atomic E-state index is 0.114. The summed E-state index contributed by atoms with van der Waals surface area (Å²) in [4.78, 5) is 0. The lowest BCUT2D eigenvalue weighted by Crippen LogP contribution is -2.26. The first kappa shape index (κ1) is 15.7. The maximum Gasteiger partial charge on any atom is 0.416 e. The molecule has 19 heavy (non-hydrogen) atoms. The Morgan fingerprint density at radius 1 is 1.32 bits per heavy atom. The summed E-state index contributed by atoms with van der Waals surface area (Å²) in [5.41, 5.74) is 3.81. The number of nitrogen functional groups attached to an aromatic ring is 1. The van der Waals surface area contributed by atoms with Crippen molar-refractivity contribution in [1.82, 2.24) is 5.32 Å². The van der Waals surface area contributed by atoms with Crippen molar-refractivity contribution in [3.63, 3.8) is 0 Å². The van der Waals surface area contributed by atoms with E-state index in [9.17, 15) is 23.4 Å². The normalized spacial score (nSPS) is 15.3. The van der Waals surface area contributed by atoms with Crippen LogP contribution in [0.1, 0.15) is 23.7 Å². The van der Waals surface area contributed by atoms with Crippen LogP contribution in [0.25, 0.3) is 0 Å². The average molecular weight is 278 g/mol. The SMILES string of the molecule is CNCCC(O)C(O)c1c(N)cccc1C(F)(F)F. The Balaban J connectivity index is 3.11. The van der Waals surface area contributed by atoms with Crippen LogP contribution in [0.2, 0.25) is 0 Å². The molecule has 0 fully saturated rings. The van der Waals surface area contributed by atoms with Crippen molar-refractivity contribution in [3.05, 3.63) is 29.3 Å². The highest BCUT2D eigenvalue weighted by Gasteiger charge is 2.37. The number of nitrogens with two attached hydrogens (primary N) is 1. The molecule has 1 aromatic carbocycles. The van der Waals surface area contributed by atoms with E-state index in [-0.39, 0.29) is 12.1 Å². The molecule has 0 aromatic heterocycles. The molecule has 0 bridgehead atoms. The second-order valence-electron chi connectivity index (χ2n) is 4.21. The van der Waals surface area contributed by atoms with Crippen LogP contribution in [0, 0.1) is 0 Å². The van der Waals surface area contributed by atoms with E-state index in [1.165, 1.54) is 6.07 Å². The lowest BCUT2D eigenvalue weighted by molar-refractivity contribution is -0.139. The van der Waals surface area contributed by atoms with Gasteiger partial charge in [-0.3, -0.25) is 0 Å². The monoisotopic (exact) mass is 278 g/mol. The van der Waals surface area contributed by atoms with Crippen LogP contribution in [0.15, 0.2) is 18.2 Å². The van der Waals surface area contributed by atoms with Gasteiger partial charge in [-0.2, -0.15) is 13.2 Å². The number of aliphatic hydroxyl groups excluding tert-OH is 2. The van der Waals surface area contributed by atoms with Crippen LogP contribution in [0.3, 0.4) is 0 Å². The fourth-order valence-corrected chi connectivity index (χ4v) is 1.80. The van der Waals surface area contributed by atoms with Crippen molar-refractivity contribution < 1.29 is 23.4 Å².